The van der Waals surface area contributed by atoms with Gasteiger partial charge in [-0.2, -0.15) is 0 Å². The highest BCUT2D eigenvalue weighted by molar-refractivity contribution is 5.98. The molecule has 2 fully saturated rings. The summed E-state index contributed by atoms with van der Waals surface area (Å²) in [5.74, 6) is 0.317. The van der Waals surface area contributed by atoms with Crippen molar-refractivity contribution in [2.45, 2.75) is 172 Å². The molecule has 0 saturated heterocycles. The van der Waals surface area contributed by atoms with Crippen molar-refractivity contribution in [2.24, 2.45) is 11.8 Å². The second-order valence-electron chi connectivity index (χ2n) is 19.5. The molecule has 4 aromatic rings. The number of nitrogens with two attached hydrogens (primary N) is 3. The summed E-state index contributed by atoms with van der Waals surface area (Å²) >= 11 is 0. The number of carboxylic acid groups (broad SMARTS) is 1. The maximum absolute atomic E-state index is 13.0. The zero-order valence-corrected chi connectivity index (χ0v) is 38.6. The Balaban J connectivity index is 0.000000182. The fraction of sp³-hybridized carbons (Fsp3) is 0.527. The molecule has 0 bridgehead atoms. The van der Waals surface area contributed by atoms with Crippen LogP contribution < -0.4 is 17.2 Å². The zero-order chi connectivity index (χ0) is 45.4. The Morgan fingerprint density at radius 1 is 0.603 bits per heavy atom. The van der Waals surface area contributed by atoms with Crippen molar-refractivity contribution in [1.29, 1.82) is 0 Å². The van der Waals surface area contributed by atoms with E-state index in [-0.39, 0.29) is 16.6 Å². The van der Waals surface area contributed by atoms with Gasteiger partial charge in [0.25, 0.3) is 0 Å². The van der Waals surface area contributed by atoms with Crippen LogP contribution in [0.3, 0.4) is 0 Å². The van der Waals surface area contributed by atoms with Gasteiger partial charge in [0, 0.05) is 17.7 Å². The van der Waals surface area contributed by atoms with Gasteiger partial charge in [-0.05, 0) is 190 Å². The van der Waals surface area contributed by atoms with Gasteiger partial charge in [-0.15, -0.1) is 0 Å². The van der Waals surface area contributed by atoms with Crippen molar-refractivity contribution >= 4 is 28.8 Å². The van der Waals surface area contributed by atoms with Crippen LogP contribution in [0.5, 0.6) is 0 Å². The van der Waals surface area contributed by atoms with Crippen LogP contribution in [0.1, 0.15) is 179 Å². The minimum atomic E-state index is -0.842. The lowest BCUT2D eigenvalue weighted by Gasteiger charge is -2.50. The van der Waals surface area contributed by atoms with Gasteiger partial charge in [-0.25, -0.2) is 4.79 Å². The number of hydrogen-bond acceptors (Lipinski definition) is 7. The molecule has 0 aliphatic heterocycles. The van der Waals surface area contributed by atoms with E-state index in [2.05, 4.69) is 45.9 Å². The van der Waals surface area contributed by atoms with E-state index in [0.29, 0.717) is 40.9 Å². The van der Waals surface area contributed by atoms with Crippen LogP contribution in [-0.4, -0.2) is 38.3 Å². The molecule has 0 unspecified atom stereocenters. The monoisotopic (exact) mass is 858 g/mol. The van der Waals surface area contributed by atoms with Gasteiger partial charge in [-0.1, -0.05) is 89.1 Å². The number of aliphatic hydroxyl groups is 2. The van der Waals surface area contributed by atoms with Gasteiger partial charge >= 0.3 is 5.97 Å². The van der Waals surface area contributed by atoms with Crippen molar-refractivity contribution in [3.8, 4) is 0 Å². The summed E-state index contributed by atoms with van der Waals surface area (Å²) in [7, 11) is 0. The molecule has 4 aliphatic rings. The van der Waals surface area contributed by atoms with Gasteiger partial charge in [0.2, 0.25) is 0 Å². The predicted molar refractivity (Wildman–Crippen MR) is 258 cm³/mol. The highest BCUT2D eigenvalue weighted by Gasteiger charge is 2.51. The Morgan fingerprint density at radius 2 is 1.05 bits per heavy atom. The fourth-order valence-corrected chi connectivity index (χ4v) is 12.4. The van der Waals surface area contributed by atoms with E-state index in [1.165, 1.54) is 28.7 Å². The molecule has 0 heterocycles. The molecule has 4 aromatic carbocycles. The number of aryl methyl sites for hydroxylation is 2. The number of rotatable bonds is 10. The Labute approximate surface area is 377 Å². The molecule has 0 amide bonds. The van der Waals surface area contributed by atoms with E-state index in [4.69, 9.17) is 17.2 Å². The third-order valence-electron chi connectivity index (χ3n) is 15.8. The minimum absolute atomic E-state index is 0.114. The van der Waals surface area contributed by atoms with Crippen molar-refractivity contribution in [3.63, 3.8) is 0 Å². The number of anilines is 3. The maximum Gasteiger partial charge on any atom is 0.335 e. The third-order valence-corrected chi connectivity index (χ3v) is 15.8. The van der Waals surface area contributed by atoms with Gasteiger partial charge < -0.3 is 32.5 Å². The number of carboxylic acids is 1. The van der Waals surface area contributed by atoms with Gasteiger partial charge in [0.05, 0.1) is 28.1 Å². The maximum atomic E-state index is 13.0. The van der Waals surface area contributed by atoms with E-state index in [0.717, 1.165) is 120 Å². The van der Waals surface area contributed by atoms with Crippen molar-refractivity contribution in [1.82, 2.24) is 0 Å². The molecular weight excluding hydrogens is 783 g/mol. The number of benzene rings is 4. The number of carbonyl (C=O) groups is 2. The van der Waals surface area contributed by atoms with Crippen LogP contribution >= 0.6 is 0 Å². The molecule has 8 heteroatoms. The molecule has 0 spiro atoms. The molecule has 0 radical (unpaired) electrons. The summed E-state index contributed by atoms with van der Waals surface area (Å²) in [5.41, 5.74) is 25.5. The largest absolute Gasteiger partial charge is 0.478 e. The van der Waals surface area contributed by atoms with Crippen molar-refractivity contribution < 1.29 is 24.9 Å². The molecule has 2 saturated carbocycles. The van der Waals surface area contributed by atoms with Crippen LogP contribution in [0.2, 0.25) is 0 Å². The number of Topliss-reactive ketones (excluding diaryl/α,β-unsaturated/α-hetero) is 1. The first-order valence-corrected chi connectivity index (χ1v) is 24.1. The zero-order valence-electron chi connectivity index (χ0n) is 38.6. The third kappa shape index (κ3) is 10.5. The lowest BCUT2D eigenvalue weighted by atomic mass is 9.56. The summed E-state index contributed by atoms with van der Waals surface area (Å²) in [4.78, 5) is 24.4. The molecule has 340 valence electrons. The fourth-order valence-electron chi connectivity index (χ4n) is 12.4. The van der Waals surface area contributed by atoms with Crippen molar-refractivity contribution in [3.05, 3.63) is 124 Å². The van der Waals surface area contributed by atoms with Gasteiger partial charge in [0.1, 0.15) is 0 Å². The molecule has 63 heavy (non-hydrogen) atoms. The molecule has 0 aromatic heterocycles. The van der Waals surface area contributed by atoms with Crippen LogP contribution in [0.25, 0.3) is 0 Å². The average molecular weight is 858 g/mol. The van der Waals surface area contributed by atoms with Crippen LogP contribution in [0.15, 0.2) is 84.9 Å². The first kappa shape index (κ1) is 47.8. The summed E-state index contributed by atoms with van der Waals surface area (Å²) in [6, 6.07) is 27.0. The first-order chi connectivity index (χ1) is 30.1. The highest BCUT2D eigenvalue weighted by Crippen LogP contribution is 2.56. The minimum Gasteiger partial charge on any atom is -0.478 e. The second-order valence-corrected chi connectivity index (χ2v) is 19.5. The van der Waals surface area contributed by atoms with Crippen LogP contribution in [0.4, 0.5) is 17.1 Å². The quantitative estimate of drug-likeness (QED) is 0.0675. The number of nitrogen functional groups attached to an aromatic ring is 3. The first-order valence-electron chi connectivity index (χ1n) is 24.1. The average Bonchev–Trinajstić information content (AvgIpc) is 3.52. The van der Waals surface area contributed by atoms with E-state index in [1.807, 2.05) is 48.5 Å². The van der Waals surface area contributed by atoms with E-state index < -0.39 is 17.2 Å². The molecular formula is C55H75N3O5. The van der Waals surface area contributed by atoms with Crippen molar-refractivity contribution in [2.75, 3.05) is 17.2 Å². The summed E-state index contributed by atoms with van der Waals surface area (Å²) in [6.45, 7) is 8.89. The molecule has 6 atom stereocenters. The molecule has 4 aliphatic carbocycles. The highest BCUT2D eigenvalue weighted by atomic mass is 16.4. The Kier molecular flexibility index (Phi) is 15.5. The summed E-state index contributed by atoms with van der Waals surface area (Å²) in [6.07, 6.45) is 18.5. The number of fused-ring (bicyclic) bond motifs is 6. The van der Waals surface area contributed by atoms with E-state index in [1.54, 1.807) is 18.2 Å². The number of carbonyl (C=O) groups excluding carboxylic acids is 1. The second kappa shape index (κ2) is 20.5. The molecule has 8 nitrogen and oxygen atoms in total. The van der Waals surface area contributed by atoms with Gasteiger partial charge in [-0.3, -0.25) is 4.79 Å². The predicted octanol–water partition coefficient (Wildman–Crippen LogP) is 11.6. The number of para-hydroxylation sites is 3. The number of aromatic carboxylic acids is 1. The van der Waals surface area contributed by atoms with Gasteiger partial charge in [0.15, 0.2) is 5.78 Å². The lowest BCUT2D eigenvalue weighted by molar-refractivity contribution is -0.0545. The SMILES string of the molecule is CCC[C@@]1(O)CC[C@@]2(CC)c3ccc(C(=O)Cc4ccccc4N)cc3CCC[C@H]2C1.CCC[C@@]1(O)CC[C@@]2(CC)c3ccc(C(=O)O)cc3CCC[C@H]2C1.Nc1ccccc1N. The van der Waals surface area contributed by atoms with Crippen LogP contribution in [0, 0.1) is 11.8 Å². The Morgan fingerprint density at radius 3 is 1.48 bits per heavy atom. The van der Waals surface area contributed by atoms with Crippen LogP contribution in [-0.2, 0) is 30.1 Å². The normalized spacial score (nSPS) is 27.2. The standard InChI is InChI=1S/C28H37NO2.C21H30O3.C6H8N2/c1-3-14-27(31)15-16-28(4-2)23(19-27)10-7-9-20-17-22(12-13-24(20)28)26(30)18-21-8-5-6-11-25(21)29;1-3-10-20(24)11-12-21(4-2)17(14-20)7-5-6-15-13-16(19(22)23)8-9-18(15)21;7-5-3-1-2-4-6(5)8/h5-6,8,11-13,17,23,31H,3-4,7,9-10,14-16,18-19,29H2,1-2H3;8-9,13,17,24H,3-7,10-12,14H2,1-2H3,(H,22,23);1-4H,7-8H2/t23-,27+,28+;17-,20+,21+;/m00./s1. The number of ketones is 1. The molecule has 8 rings (SSSR count). The van der Waals surface area contributed by atoms with E-state index >= 15 is 0 Å². The topological polar surface area (TPSA) is 173 Å². The molecule has 9 N–H and O–H groups in total. The Hall–Kier alpha value is -4.66. The smallest absolute Gasteiger partial charge is 0.335 e. The summed E-state index contributed by atoms with van der Waals surface area (Å²) < 4.78 is 0. The Bertz CT molecular complexity index is 2180. The lowest BCUT2D eigenvalue weighted by Crippen LogP contribution is -2.47. The van der Waals surface area contributed by atoms with E-state index in [9.17, 15) is 24.9 Å². The summed E-state index contributed by atoms with van der Waals surface area (Å²) in [5, 5.41) is 31.5. The number of hydrogen-bond donors (Lipinski definition) is 6.